The van der Waals surface area contributed by atoms with Gasteiger partial charge in [-0.3, -0.25) is 14.2 Å². The van der Waals surface area contributed by atoms with Gasteiger partial charge in [-0.05, 0) is 12.1 Å². The molecule has 0 aromatic carbocycles. The van der Waals surface area contributed by atoms with Crippen LogP contribution >= 0.6 is 0 Å². The van der Waals surface area contributed by atoms with Crippen LogP contribution in [0.5, 0.6) is 0 Å². The van der Waals surface area contributed by atoms with Crippen LogP contribution in [0.15, 0.2) is 23.1 Å². The predicted molar refractivity (Wildman–Crippen MR) is 60.7 cm³/mol. The number of rotatable bonds is 3. The molecule has 6 nitrogen and oxygen atoms in total. The Kier molecular flexibility index (Phi) is 2.86. The highest BCUT2D eigenvalue weighted by molar-refractivity contribution is 5.70. The maximum absolute atomic E-state index is 11.9. The minimum absolute atomic E-state index is 0.103. The maximum atomic E-state index is 11.9. The minimum atomic E-state index is -0.944. The molecule has 0 unspecified atom stereocenters. The number of carboxylic acid groups (broad SMARTS) is 1. The van der Waals surface area contributed by atoms with E-state index in [1.807, 2.05) is 0 Å². The molecule has 2 aromatic rings. The molecule has 6 heteroatoms. The summed E-state index contributed by atoms with van der Waals surface area (Å²) < 4.78 is 1.39. The van der Waals surface area contributed by atoms with Crippen LogP contribution in [0.1, 0.15) is 12.1 Å². The lowest BCUT2D eigenvalue weighted by Gasteiger charge is -2.05. The van der Waals surface area contributed by atoms with Crippen LogP contribution < -0.4 is 5.56 Å². The van der Waals surface area contributed by atoms with Gasteiger partial charge in [0.1, 0.15) is 11.2 Å². The first-order chi connectivity index (χ1) is 8.09. The lowest BCUT2D eigenvalue weighted by molar-refractivity contribution is -0.136. The maximum Gasteiger partial charge on any atom is 0.303 e. The topological polar surface area (TPSA) is 85.1 Å². The summed E-state index contributed by atoms with van der Waals surface area (Å²) in [5, 5.41) is 8.60. The second-order valence-corrected chi connectivity index (χ2v) is 3.66. The van der Waals surface area contributed by atoms with Crippen LogP contribution in [0.25, 0.3) is 11.2 Å². The lowest BCUT2D eigenvalue weighted by atomic mass is 10.2. The molecule has 0 radical (unpaired) electrons. The molecule has 1 N–H and O–H groups in total. The molecule has 0 amide bonds. The van der Waals surface area contributed by atoms with Crippen molar-refractivity contribution in [1.82, 2.24) is 14.5 Å². The Hall–Kier alpha value is -2.24. The van der Waals surface area contributed by atoms with Crippen molar-refractivity contribution < 1.29 is 9.90 Å². The van der Waals surface area contributed by atoms with Crippen molar-refractivity contribution in [2.45, 2.75) is 12.8 Å². The van der Waals surface area contributed by atoms with Crippen LogP contribution in [0.3, 0.4) is 0 Å². The zero-order valence-electron chi connectivity index (χ0n) is 9.25. The summed E-state index contributed by atoms with van der Waals surface area (Å²) in [5.41, 5.74) is 1.06. The average Bonchev–Trinajstić information content (AvgIpc) is 2.32. The predicted octanol–water partition coefficient (Wildman–Crippen LogP) is 0.346. The van der Waals surface area contributed by atoms with E-state index in [-0.39, 0.29) is 24.1 Å². The molecule has 0 aliphatic carbocycles. The van der Waals surface area contributed by atoms with Gasteiger partial charge in [-0.1, -0.05) is 0 Å². The van der Waals surface area contributed by atoms with E-state index in [1.165, 1.54) is 4.57 Å². The summed E-state index contributed by atoms with van der Waals surface area (Å²) in [6, 6.07) is 3.47. The molecule has 0 saturated carbocycles. The standard InChI is InChI=1S/C11H11N3O3/c1-14-10-7(3-2-6-12-10)13-8(11(14)17)4-5-9(15)16/h2-3,6H,4-5H2,1H3,(H,15,16). The van der Waals surface area contributed by atoms with Crippen molar-refractivity contribution in [2.75, 3.05) is 0 Å². The number of fused-ring (bicyclic) bond motifs is 1. The number of pyridine rings is 1. The SMILES string of the molecule is Cn1c(=O)c(CCC(=O)O)nc2cccnc21. The number of hydrogen-bond donors (Lipinski definition) is 1. The van der Waals surface area contributed by atoms with Crippen molar-refractivity contribution in [3.8, 4) is 0 Å². The zero-order valence-corrected chi connectivity index (χ0v) is 9.25. The first-order valence-electron chi connectivity index (χ1n) is 5.12. The van der Waals surface area contributed by atoms with Gasteiger partial charge in [-0.15, -0.1) is 0 Å². The van der Waals surface area contributed by atoms with Crippen molar-refractivity contribution in [3.63, 3.8) is 0 Å². The van der Waals surface area contributed by atoms with Crippen molar-refractivity contribution >= 4 is 17.1 Å². The van der Waals surface area contributed by atoms with Gasteiger partial charge < -0.3 is 5.11 Å². The normalized spacial score (nSPS) is 10.6. The Balaban J connectivity index is 2.54. The summed E-state index contributed by atoms with van der Waals surface area (Å²) in [7, 11) is 1.60. The largest absolute Gasteiger partial charge is 0.481 e. The molecule has 2 rings (SSSR count). The molecule has 0 aliphatic heterocycles. The Morgan fingerprint density at radius 1 is 1.53 bits per heavy atom. The monoisotopic (exact) mass is 233 g/mol. The highest BCUT2D eigenvalue weighted by Crippen LogP contribution is 2.06. The number of aryl methyl sites for hydroxylation is 2. The average molecular weight is 233 g/mol. The van der Waals surface area contributed by atoms with Crippen molar-refractivity contribution in [2.24, 2.45) is 7.05 Å². The van der Waals surface area contributed by atoms with Gasteiger partial charge >= 0.3 is 5.97 Å². The lowest BCUT2D eigenvalue weighted by Crippen LogP contribution is -2.24. The number of carbonyl (C=O) groups is 1. The van der Waals surface area contributed by atoms with E-state index in [9.17, 15) is 9.59 Å². The van der Waals surface area contributed by atoms with Crippen LogP contribution in [0.4, 0.5) is 0 Å². The third-order valence-corrected chi connectivity index (χ3v) is 2.47. The number of aliphatic carboxylic acids is 1. The van der Waals surface area contributed by atoms with Crippen LogP contribution in [0.2, 0.25) is 0 Å². The Labute approximate surface area is 96.6 Å². The van der Waals surface area contributed by atoms with Gasteiger partial charge in [0.15, 0.2) is 5.65 Å². The van der Waals surface area contributed by atoms with E-state index in [2.05, 4.69) is 9.97 Å². The van der Waals surface area contributed by atoms with E-state index in [1.54, 1.807) is 25.4 Å². The van der Waals surface area contributed by atoms with E-state index in [4.69, 9.17) is 5.11 Å². The molecule has 0 bridgehead atoms. The van der Waals surface area contributed by atoms with Crippen LogP contribution in [-0.4, -0.2) is 25.6 Å². The molecule has 0 saturated heterocycles. The number of nitrogens with zero attached hydrogens (tertiary/aromatic N) is 3. The number of aromatic nitrogens is 3. The van der Waals surface area contributed by atoms with Gasteiger partial charge in [0.05, 0.1) is 6.42 Å². The third-order valence-electron chi connectivity index (χ3n) is 2.47. The Bertz CT molecular complexity index is 633. The zero-order chi connectivity index (χ0) is 12.4. The van der Waals surface area contributed by atoms with Crippen LogP contribution in [-0.2, 0) is 18.3 Å². The van der Waals surface area contributed by atoms with Gasteiger partial charge in [-0.2, -0.15) is 0 Å². The fourth-order valence-electron chi connectivity index (χ4n) is 1.61. The highest BCUT2D eigenvalue weighted by Gasteiger charge is 2.10. The molecule has 2 heterocycles. The van der Waals surface area contributed by atoms with E-state index in [0.29, 0.717) is 11.2 Å². The van der Waals surface area contributed by atoms with Gasteiger partial charge in [0.25, 0.3) is 5.56 Å². The third kappa shape index (κ3) is 2.15. The molecule has 17 heavy (non-hydrogen) atoms. The fraction of sp³-hybridized carbons (Fsp3) is 0.273. The van der Waals surface area contributed by atoms with Gasteiger partial charge in [0.2, 0.25) is 0 Å². The Morgan fingerprint density at radius 2 is 2.29 bits per heavy atom. The van der Waals surface area contributed by atoms with E-state index in [0.717, 1.165) is 0 Å². The van der Waals surface area contributed by atoms with Crippen molar-refractivity contribution in [3.05, 3.63) is 34.4 Å². The van der Waals surface area contributed by atoms with E-state index < -0.39 is 5.97 Å². The molecule has 0 spiro atoms. The van der Waals surface area contributed by atoms with Crippen molar-refractivity contribution in [1.29, 1.82) is 0 Å². The fourth-order valence-corrected chi connectivity index (χ4v) is 1.61. The number of carboxylic acids is 1. The summed E-state index contributed by atoms with van der Waals surface area (Å²) in [6.45, 7) is 0. The second kappa shape index (κ2) is 4.32. The van der Waals surface area contributed by atoms with Gasteiger partial charge in [-0.25, -0.2) is 9.97 Å². The Morgan fingerprint density at radius 3 is 3.00 bits per heavy atom. The first kappa shape index (κ1) is 11.3. The summed E-state index contributed by atoms with van der Waals surface area (Å²) in [5.74, 6) is -0.944. The number of hydrogen-bond acceptors (Lipinski definition) is 4. The summed E-state index contributed by atoms with van der Waals surface area (Å²) >= 11 is 0. The van der Waals surface area contributed by atoms with Crippen LogP contribution in [0, 0.1) is 0 Å². The summed E-state index contributed by atoms with van der Waals surface area (Å²) in [6.07, 6.45) is 1.61. The van der Waals surface area contributed by atoms with Gasteiger partial charge in [0, 0.05) is 19.7 Å². The first-order valence-corrected chi connectivity index (χ1v) is 5.12. The molecular weight excluding hydrogens is 222 g/mol. The highest BCUT2D eigenvalue weighted by atomic mass is 16.4. The molecule has 0 aliphatic rings. The smallest absolute Gasteiger partial charge is 0.303 e. The molecule has 0 atom stereocenters. The molecule has 0 fully saturated rings. The molecule has 88 valence electrons. The second-order valence-electron chi connectivity index (χ2n) is 3.66. The summed E-state index contributed by atoms with van der Waals surface area (Å²) in [4.78, 5) is 30.6. The minimum Gasteiger partial charge on any atom is -0.481 e. The quantitative estimate of drug-likeness (QED) is 0.826. The molecular formula is C11H11N3O3. The van der Waals surface area contributed by atoms with E-state index >= 15 is 0 Å². The molecule has 2 aromatic heterocycles.